The second-order valence-corrected chi connectivity index (χ2v) is 4.93. The van der Waals surface area contributed by atoms with Gasteiger partial charge in [0.2, 0.25) is 0 Å². The van der Waals surface area contributed by atoms with Crippen LogP contribution in [0.1, 0.15) is 47.9 Å². The Labute approximate surface area is 115 Å². The van der Waals surface area contributed by atoms with E-state index in [1.54, 1.807) is 0 Å². The van der Waals surface area contributed by atoms with Crippen molar-refractivity contribution in [3.8, 4) is 0 Å². The number of rotatable bonds is 3. The molecule has 1 N–H and O–H groups in total. The molecule has 2 aromatic rings. The summed E-state index contributed by atoms with van der Waals surface area (Å²) in [7, 11) is 0. The van der Waals surface area contributed by atoms with Gasteiger partial charge in [-0.2, -0.15) is 0 Å². The van der Waals surface area contributed by atoms with Gasteiger partial charge < -0.3 is 5.11 Å². The predicted octanol–water partition coefficient (Wildman–Crippen LogP) is 2.54. The highest BCUT2D eigenvalue weighted by molar-refractivity contribution is 5.83. The Kier molecular flexibility index (Phi) is 2.81. The molecule has 20 heavy (non-hydrogen) atoms. The Morgan fingerprint density at radius 1 is 1.50 bits per heavy atom. The van der Waals surface area contributed by atoms with Gasteiger partial charge in [0.05, 0.1) is 5.54 Å². The maximum absolute atomic E-state index is 14.2. The quantitative estimate of drug-likeness (QED) is 0.934. The zero-order chi connectivity index (χ0) is 14.3. The summed E-state index contributed by atoms with van der Waals surface area (Å²) in [5.74, 6) is -1.48. The van der Waals surface area contributed by atoms with E-state index in [2.05, 4.69) is 10.1 Å². The number of nitrogens with zero attached hydrogens (tertiary/aromatic N) is 3. The van der Waals surface area contributed by atoms with Crippen LogP contribution in [0, 0.1) is 0 Å². The monoisotopic (exact) mass is 275 g/mol. The van der Waals surface area contributed by atoms with Crippen molar-refractivity contribution in [1.82, 2.24) is 14.8 Å². The average Bonchev–Trinajstić information content (AvgIpc) is 3.00. The van der Waals surface area contributed by atoms with E-state index in [0.29, 0.717) is 6.42 Å². The Hall–Kier alpha value is -2.24. The first-order valence-corrected chi connectivity index (χ1v) is 6.49. The second kappa shape index (κ2) is 4.40. The Morgan fingerprint density at radius 3 is 2.80 bits per heavy atom. The maximum atomic E-state index is 14.2. The van der Waals surface area contributed by atoms with Gasteiger partial charge in [0.25, 0.3) is 5.82 Å². The molecule has 0 spiro atoms. The van der Waals surface area contributed by atoms with Crippen molar-refractivity contribution in [2.75, 3.05) is 0 Å². The first-order chi connectivity index (χ1) is 9.58. The fraction of sp³-hybridized carbons (Fsp3) is 0.357. The van der Waals surface area contributed by atoms with E-state index in [9.17, 15) is 9.18 Å². The van der Waals surface area contributed by atoms with Crippen LogP contribution in [-0.4, -0.2) is 25.8 Å². The molecule has 0 fully saturated rings. The third-order valence-corrected chi connectivity index (χ3v) is 3.92. The van der Waals surface area contributed by atoms with Crippen LogP contribution in [0.2, 0.25) is 0 Å². The molecular weight excluding hydrogens is 261 g/mol. The van der Waals surface area contributed by atoms with Crippen molar-refractivity contribution in [2.24, 2.45) is 0 Å². The average molecular weight is 275 g/mol. The minimum absolute atomic E-state index is 0.105. The molecule has 5 nitrogen and oxygen atoms in total. The van der Waals surface area contributed by atoms with Gasteiger partial charge in [0.1, 0.15) is 0 Å². The molecule has 2 heterocycles. The highest BCUT2D eigenvalue weighted by atomic mass is 19.1. The molecular formula is C14H14FN3O2. The van der Waals surface area contributed by atoms with Crippen LogP contribution in [0.4, 0.5) is 4.39 Å². The van der Waals surface area contributed by atoms with E-state index in [0.717, 1.165) is 5.56 Å². The summed E-state index contributed by atoms with van der Waals surface area (Å²) in [6.45, 7) is 1.94. The summed E-state index contributed by atoms with van der Waals surface area (Å²) in [6.07, 6.45) is -0.439. The number of benzene rings is 1. The van der Waals surface area contributed by atoms with E-state index < -0.39 is 17.7 Å². The van der Waals surface area contributed by atoms with Crippen LogP contribution >= 0.6 is 0 Å². The first kappa shape index (κ1) is 12.8. The molecule has 0 aliphatic carbocycles. The van der Waals surface area contributed by atoms with E-state index in [1.165, 1.54) is 4.68 Å². The van der Waals surface area contributed by atoms with Gasteiger partial charge in [-0.05, 0) is 12.0 Å². The molecule has 0 saturated carbocycles. The number of halogens is 1. The normalized spacial score (nSPS) is 24.6. The fourth-order valence-corrected chi connectivity index (χ4v) is 2.89. The van der Waals surface area contributed by atoms with E-state index >= 15 is 0 Å². The summed E-state index contributed by atoms with van der Waals surface area (Å²) < 4.78 is 15.7. The number of carbonyl (C=O) groups is 1. The third kappa shape index (κ3) is 1.64. The number of carboxylic acid groups (broad SMARTS) is 1. The van der Waals surface area contributed by atoms with E-state index in [1.807, 2.05) is 37.3 Å². The van der Waals surface area contributed by atoms with Crippen LogP contribution in [0.15, 0.2) is 30.3 Å². The molecule has 1 aliphatic rings. The van der Waals surface area contributed by atoms with Crippen molar-refractivity contribution >= 4 is 5.97 Å². The van der Waals surface area contributed by atoms with Crippen molar-refractivity contribution in [1.29, 1.82) is 0 Å². The molecule has 1 aromatic heterocycles. The first-order valence-electron chi connectivity index (χ1n) is 6.49. The van der Waals surface area contributed by atoms with Crippen molar-refractivity contribution < 1.29 is 14.3 Å². The highest BCUT2D eigenvalue weighted by Gasteiger charge is 2.47. The third-order valence-electron chi connectivity index (χ3n) is 3.92. The summed E-state index contributed by atoms with van der Waals surface area (Å²) in [6, 6.07) is 9.47. The lowest BCUT2D eigenvalue weighted by molar-refractivity contribution is 0.0681. The summed E-state index contributed by atoms with van der Waals surface area (Å²) in [5.41, 5.74) is 0.266. The van der Waals surface area contributed by atoms with Crippen LogP contribution in [-0.2, 0) is 5.54 Å². The lowest BCUT2D eigenvalue weighted by atomic mass is 9.85. The number of aromatic nitrogens is 3. The van der Waals surface area contributed by atoms with Crippen LogP contribution in [0.25, 0.3) is 0 Å². The molecule has 104 valence electrons. The Balaban J connectivity index is 2.19. The molecule has 1 aliphatic heterocycles. The van der Waals surface area contributed by atoms with E-state index in [4.69, 9.17) is 5.11 Å². The Bertz CT molecular complexity index is 656. The SMILES string of the molecule is CCC1(c2ccccc2)CC(F)c2nc(C(=O)O)nn21. The highest BCUT2D eigenvalue weighted by Crippen LogP contribution is 2.46. The summed E-state index contributed by atoms with van der Waals surface area (Å²) in [5, 5.41) is 13.0. The van der Waals surface area contributed by atoms with Crippen LogP contribution < -0.4 is 0 Å². The van der Waals surface area contributed by atoms with Gasteiger partial charge in [-0.1, -0.05) is 37.3 Å². The zero-order valence-electron chi connectivity index (χ0n) is 11.0. The van der Waals surface area contributed by atoms with Gasteiger partial charge in [0.15, 0.2) is 12.0 Å². The largest absolute Gasteiger partial charge is 0.475 e. The predicted molar refractivity (Wildman–Crippen MR) is 69.3 cm³/mol. The zero-order valence-corrected chi connectivity index (χ0v) is 11.0. The minimum atomic E-state index is -1.30. The van der Waals surface area contributed by atoms with Gasteiger partial charge in [-0.3, -0.25) is 0 Å². The van der Waals surface area contributed by atoms with Crippen LogP contribution in [0.5, 0.6) is 0 Å². The lowest BCUT2D eigenvalue weighted by Gasteiger charge is -2.29. The number of carboxylic acids is 1. The molecule has 1 aromatic carbocycles. The molecule has 0 amide bonds. The standard InChI is InChI=1S/C14H14FN3O2/c1-2-14(9-6-4-3-5-7-9)8-10(15)12-16-11(13(19)20)17-18(12)14/h3-7,10H,2,8H2,1H3,(H,19,20). The smallest absolute Gasteiger partial charge is 0.375 e. The van der Waals surface area contributed by atoms with Crippen molar-refractivity contribution in [3.05, 3.63) is 47.5 Å². The summed E-state index contributed by atoms with van der Waals surface area (Å²) >= 11 is 0. The molecule has 6 heteroatoms. The second-order valence-electron chi connectivity index (χ2n) is 4.93. The molecule has 2 atom stereocenters. The van der Waals surface area contributed by atoms with Crippen molar-refractivity contribution in [3.63, 3.8) is 0 Å². The molecule has 2 unspecified atom stereocenters. The molecule has 0 radical (unpaired) electrons. The number of fused-ring (bicyclic) bond motifs is 1. The minimum Gasteiger partial charge on any atom is -0.475 e. The summed E-state index contributed by atoms with van der Waals surface area (Å²) in [4.78, 5) is 14.8. The van der Waals surface area contributed by atoms with Crippen LogP contribution in [0.3, 0.4) is 0 Å². The number of alkyl halides is 1. The number of hydrogen-bond acceptors (Lipinski definition) is 3. The fourth-order valence-electron chi connectivity index (χ4n) is 2.89. The van der Waals surface area contributed by atoms with Gasteiger partial charge in [-0.15, -0.1) is 5.10 Å². The van der Waals surface area contributed by atoms with Gasteiger partial charge in [-0.25, -0.2) is 18.9 Å². The van der Waals surface area contributed by atoms with Crippen molar-refractivity contribution in [2.45, 2.75) is 31.5 Å². The number of aromatic carboxylic acids is 1. The topological polar surface area (TPSA) is 68.0 Å². The van der Waals surface area contributed by atoms with E-state index in [-0.39, 0.29) is 18.1 Å². The van der Waals surface area contributed by atoms with Gasteiger partial charge in [0, 0.05) is 6.42 Å². The molecule has 0 bridgehead atoms. The molecule has 0 saturated heterocycles. The lowest BCUT2D eigenvalue weighted by Crippen LogP contribution is -2.32. The number of hydrogen-bond donors (Lipinski definition) is 1. The maximum Gasteiger partial charge on any atom is 0.375 e. The van der Waals surface area contributed by atoms with Gasteiger partial charge >= 0.3 is 5.97 Å². The Morgan fingerprint density at radius 2 is 2.20 bits per heavy atom. The molecule has 3 rings (SSSR count).